The van der Waals surface area contributed by atoms with E-state index in [2.05, 4.69) is 39.3 Å². The molecule has 2 aliphatic rings. The maximum absolute atomic E-state index is 6.10. The highest BCUT2D eigenvalue weighted by Gasteiger charge is 2.45. The van der Waals surface area contributed by atoms with Gasteiger partial charge in [-0.05, 0) is 12.2 Å². The zero-order valence-corrected chi connectivity index (χ0v) is 11.1. The minimum absolute atomic E-state index is 0.196. The van der Waals surface area contributed by atoms with Crippen LogP contribution in [-0.4, -0.2) is 44.1 Å². The van der Waals surface area contributed by atoms with Gasteiger partial charge >= 0.3 is 0 Å². The fourth-order valence-corrected chi connectivity index (χ4v) is 4.64. The van der Waals surface area contributed by atoms with E-state index < -0.39 is 0 Å². The molecule has 17 heavy (non-hydrogen) atoms. The molecule has 2 aliphatic heterocycles. The summed E-state index contributed by atoms with van der Waals surface area (Å²) in [6.45, 7) is 6.20. The number of imidazole rings is 1. The summed E-state index contributed by atoms with van der Waals surface area (Å²) in [6, 6.07) is 0. The summed E-state index contributed by atoms with van der Waals surface area (Å²) < 4.78 is 2.26. The molecule has 2 atom stereocenters. The van der Waals surface area contributed by atoms with Gasteiger partial charge in [0, 0.05) is 42.8 Å². The molecule has 1 fully saturated rings. The second-order valence-electron chi connectivity index (χ2n) is 5.03. The van der Waals surface area contributed by atoms with E-state index in [9.17, 15) is 0 Å². The molecule has 0 bridgehead atoms. The summed E-state index contributed by atoms with van der Waals surface area (Å²) in [5.41, 5.74) is 6.30. The summed E-state index contributed by atoms with van der Waals surface area (Å²) in [7, 11) is 0. The Labute approximate surface area is 107 Å². The van der Waals surface area contributed by atoms with Crippen LogP contribution in [-0.2, 0) is 13.1 Å². The number of hydrogen-bond donors (Lipinski definition) is 1. The molecule has 2 N–H and O–H groups in total. The van der Waals surface area contributed by atoms with Crippen molar-refractivity contribution >= 4 is 11.8 Å². The molecule has 2 unspecified atom stereocenters. The lowest BCUT2D eigenvalue weighted by atomic mass is 9.90. The Balaban J connectivity index is 1.85. The fraction of sp³-hybridized carbons (Fsp3) is 0.750. The van der Waals surface area contributed by atoms with Gasteiger partial charge in [0.25, 0.3) is 0 Å². The molecule has 3 rings (SSSR count). The molecule has 3 heterocycles. The third kappa shape index (κ3) is 1.72. The SMILES string of the molecule is CC1SCCC1(CN)N1CCn2ccnc2C1. The Morgan fingerprint density at radius 2 is 2.47 bits per heavy atom. The number of hydrogen-bond acceptors (Lipinski definition) is 4. The van der Waals surface area contributed by atoms with Crippen molar-refractivity contribution in [3.63, 3.8) is 0 Å². The lowest BCUT2D eigenvalue weighted by molar-refractivity contribution is 0.0665. The smallest absolute Gasteiger partial charge is 0.122 e. The van der Waals surface area contributed by atoms with Gasteiger partial charge in [-0.2, -0.15) is 11.8 Å². The highest BCUT2D eigenvalue weighted by atomic mass is 32.2. The van der Waals surface area contributed by atoms with Crippen LogP contribution < -0.4 is 5.73 Å². The highest BCUT2D eigenvalue weighted by Crippen LogP contribution is 2.40. The van der Waals surface area contributed by atoms with Crippen molar-refractivity contribution in [1.82, 2.24) is 14.5 Å². The van der Waals surface area contributed by atoms with Crippen molar-refractivity contribution < 1.29 is 0 Å². The Hall–Kier alpha value is -0.520. The number of rotatable bonds is 2. The van der Waals surface area contributed by atoms with Crippen molar-refractivity contribution in [3.8, 4) is 0 Å². The van der Waals surface area contributed by atoms with Crippen molar-refractivity contribution in [2.75, 3.05) is 18.8 Å². The number of thioether (sulfide) groups is 1. The summed E-state index contributed by atoms with van der Waals surface area (Å²) in [5.74, 6) is 2.43. The van der Waals surface area contributed by atoms with E-state index >= 15 is 0 Å². The van der Waals surface area contributed by atoms with Crippen molar-refractivity contribution in [1.29, 1.82) is 0 Å². The van der Waals surface area contributed by atoms with E-state index in [0.717, 1.165) is 26.2 Å². The molecular formula is C12H20N4S. The molecule has 94 valence electrons. The minimum atomic E-state index is 0.196. The topological polar surface area (TPSA) is 47.1 Å². The van der Waals surface area contributed by atoms with Gasteiger partial charge in [0.1, 0.15) is 5.82 Å². The molecule has 1 saturated heterocycles. The molecule has 0 spiro atoms. The first-order valence-corrected chi connectivity index (χ1v) is 7.38. The number of nitrogens with zero attached hydrogens (tertiary/aromatic N) is 3. The summed E-state index contributed by atoms with van der Waals surface area (Å²) >= 11 is 2.06. The third-order valence-corrected chi connectivity index (χ3v) is 5.77. The van der Waals surface area contributed by atoms with Gasteiger partial charge < -0.3 is 10.3 Å². The van der Waals surface area contributed by atoms with E-state index in [1.54, 1.807) is 0 Å². The van der Waals surface area contributed by atoms with Crippen LogP contribution in [0.2, 0.25) is 0 Å². The van der Waals surface area contributed by atoms with Crippen LogP contribution >= 0.6 is 11.8 Å². The molecule has 0 aliphatic carbocycles. The maximum Gasteiger partial charge on any atom is 0.122 e. The van der Waals surface area contributed by atoms with Crippen LogP contribution in [0.1, 0.15) is 19.2 Å². The molecule has 0 amide bonds. The van der Waals surface area contributed by atoms with Crippen LogP contribution in [0.25, 0.3) is 0 Å². The van der Waals surface area contributed by atoms with E-state index in [0.29, 0.717) is 5.25 Å². The quantitative estimate of drug-likeness (QED) is 0.850. The van der Waals surface area contributed by atoms with Crippen LogP contribution in [0.3, 0.4) is 0 Å². The average molecular weight is 252 g/mol. The van der Waals surface area contributed by atoms with E-state index in [1.165, 1.54) is 18.0 Å². The molecule has 1 aromatic heterocycles. The lowest BCUT2D eigenvalue weighted by Gasteiger charge is -2.45. The third-order valence-electron chi connectivity index (χ3n) is 4.39. The number of aromatic nitrogens is 2. The largest absolute Gasteiger partial charge is 0.333 e. The van der Waals surface area contributed by atoms with Gasteiger partial charge in [-0.1, -0.05) is 6.92 Å². The standard InChI is InChI=1S/C12H20N4S/c1-10-12(9-13,2-7-17-10)16-6-5-15-4-3-14-11(15)8-16/h3-4,10H,2,5-9,13H2,1H3. The predicted octanol–water partition coefficient (Wildman–Crippen LogP) is 0.922. The van der Waals surface area contributed by atoms with Crippen LogP contribution in [0.5, 0.6) is 0 Å². The van der Waals surface area contributed by atoms with Crippen LogP contribution in [0.4, 0.5) is 0 Å². The Morgan fingerprint density at radius 1 is 1.59 bits per heavy atom. The summed E-state index contributed by atoms with van der Waals surface area (Å²) in [6.07, 6.45) is 5.20. The molecule has 0 radical (unpaired) electrons. The molecule has 4 nitrogen and oxygen atoms in total. The maximum atomic E-state index is 6.10. The molecule has 1 aromatic rings. The Kier molecular flexibility index (Phi) is 2.92. The number of nitrogens with two attached hydrogens (primary N) is 1. The zero-order valence-electron chi connectivity index (χ0n) is 10.3. The number of fused-ring (bicyclic) bond motifs is 1. The van der Waals surface area contributed by atoms with E-state index in [4.69, 9.17) is 5.73 Å². The lowest BCUT2D eigenvalue weighted by Crippen LogP contribution is -2.59. The normalized spacial score (nSPS) is 33.9. The molecule has 0 aromatic carbocycles. The fourth-order valence-electron chi connectivity index (χ4n) is 3.14. The van der Waals surface area contributed by atoms with Crippen LogP contribution in [0, 0.1) is 0 Å². The average Bonchev–Trinajstić information content (AvgIpc) is 2.94. The first-order valence-electron chi connectivity index (χ1n) is 6.33. The predicted molar refractivity (Wildman–Crippen MR) is 71.0 cm³/mol. The van der Waals surface area contributed by atoms with Gasteiger partial charge in [0.15, 0.2) is 0 Å². The first kappa shape index (κ1) is 11.6. The van der Waals surface area contributed by atoms with Crippen molar-refractivity contribution in [2.24, 2.45) is 5.73 Å². The van der Waals surface area contributed by atoms with E-state index in [1.807, 2.05) is 6.20 Å². The second kappa shape index (κ2) is 4.30. The highest BCUT2D eigenvalue weighted by molar-refractivity contribution is 8.00. The van der Waals surface area contributed by atoms with Gasteiger partial charge in [-0.3, -0.25) is 4.90 Å². The first-order chi connectivity index (χ1) is 8.26. The summed E-state index contributed by atoms with van der Waals surface area (Å²) in [5, 5.41) is 0.633. The second-order valence-corrected chi connectivity index (χ2v) is 6.48. The summed E-state index contributed by atoms with van der Waals surface area (Å²) in [4.78, 5) is 7.01. The molecule has 5 heteroatoms. The van der Waals surface area contributed by atoms with Crippen LogP contribution in [0.15, 0.2) is 12.4 Å². The Bertz CT molecular complexity index is 405. The monoisotopic (exact) mass is 252 g/mol. The zero-order chi connectivity index (χ0) is 11.9. The van der Waals surface area contributed by atoms with Gasteiger partial charge in [-0.25, -0.2) is 4.98 Å². The van der Waals surface area contributed by atoms with Crippen molar-refractivity contribution in [3.05, 3.63) is 18.2 Å². The molecule has 0 saturated carbocycles. The van der Waals surface area contributed by atoms with E-state index in [-0.39, 0.29) is 5.54 Å². The Morgan fingerprint density at radius 3 is 3.18 bits per heavy atom. The van der Waals surface area contributed by atoms with Gasteiger partial charge in [0.2, 0.25) is 0 Å². The van der Waals surface area contributed by atoms with Gasteiger partial charge in [0.05, 0.1) is 6.54 Å². The minimum Gasteiger partial charge on any atom is -0.333 e. The van der Waals surface area contributed by atoms with Crippen molar-refractivity contribution in [2.45, 2.75) is 37.2 Å². The molecular weight excluding hydrogens is 232 g/mol. The van der Waals surface area contributed by atoms with Gasteiger partial charge in [-0.15, -0.1) is 0 Å².